The molecule has 0 radical (unpaired) electrons. The molecule has 152 valence electrons. The van der Waals surface area contributed by atoms with Crippen LogP contribution in [-0.4, -0.2) is 23.5 Å². The normalized spacial score (nSPS) is 15.1. The Morgan fingerprint density at radius 2 is 2.27 bits per heavy atom. The number of hydrogen-bond donors (Lipinski definition) is 1. The molecular formula is C24H21ClN2O2S. The monoisotopic (exact) mass is 436 g/mol. The molecule has 6 heteroatoms. The molecule has 3 aromatic rings. The second-order valence-corrected chi connectivity index (χ2v) is 8.69. The quantitative estimate of drug-likeness (QED) is 0.509. The number of fused-ring (bicyclic) bond motifs is 1. The summed E-state index contributed by atoms with van der Waals surface area (Å²) in [6, 6.07) is 12.0. The van der Waals surface area contributed by atoms with Crippen LogP contribution in [0.5, 0.6) is 5.75 Å². The van der Waals surface area contributed by atoms with E-state index in [9.17, 15) is 4.79 Å². The number of hydrogen-bond acceptors (Lipinski definition) is 4. The van der Waals surface area contributed by atoms with Crippen molar-refractivity contribution in [2.24, 2.45) is 0 Å². The van der Waals surface area contributed by atoms with Crippen molar-refractivity contribution in [3.05, 3.63) is 82.5 Å². The maximum absolute atomic E-state index is 12.1. The largest absolute Gasteiger partial charge is 0.486 e. The van der Waals surface area contributed by atoms with E-state index in [1.165, 1.54) is 6.08 Å². The average molecular weight is 437 g/mol. The number of rotatable bonds is 6. The summed E-state index contributed by atoms with van der Waals surface area (Å²) in [5.41, 5.74) is 4.06. The molecule has 1 aliphatic rings. The Labute approximate surface area is 184 Å². The van der Waals surface area contributed by atoms with Gasteiger partial charge in [0, 0.05) is 40.2 Å². The molecule has 30 heavy (non-hydrogen) atoms. The second kappa shape index (κ2) is 8.86. The van der Waals surface area contributed by atoms with Gasteiger partial charge in [-0.2, -0.15) is 0 Å². The number of halogens is 1. The molecule has 1 N–H and O–H groups in total. The molecule has 0 spiro atoms. The van der Waals surface area contributed by atoms with E-state index in [1.807, 2.05) is 25.1 Å². The van der Waals surface area contributed by atoms with E-state index in [-0.39, 0.29) is 12.0 Å². The third kappa shape index (κ3) is 4.64. The topological polar surface area (TPSA) is 51.2 Å². The molecule has 2 aromatic heterocycles. The molecule has 4 rings (SSSR count). The molecule has 0 aliphatic carbocycles. The molecule has 0 saturated carbocycles. The lowest BCUT2D eigenvalue weighted by molar-refractivity contribution is -0.116. The number of ether oxygens (including phenoxy) is 1. The first-order valence-electron chi connectivity index (χ1n) is 9.60. The maximum atomic E-state index is 12.1. The van der Waals surface area contributed by atoms with Gasteiger partial charge in [0.25, 0.3) is 0 Å². The molecule has 0 unspecified atom stereocenters. The third-order valence-electron chi connectivity index (χ3n) is 4.78. The maximum Gasteiger partial charge on any atom is 0.244 e. The Morgan fingerprint density at radius 1 is 1.40 bits per heavy atom. The minimum Gasteiger partial charge on any atom is -0.486 e. The Kier molecular flexibility index (Phi) is 6.02. The lowest BCUT2D eigenvalue weighted by Gasteiger charge is -2.11. The summed E-state index contributed by atoms with van der Waals surface area (Å²) in [6.45, 7) is 6.42. The Hall–Kier alpha value is -2.89. The molecule has 1 aromatic carbocycles. The van der Waals surface area contributed by atoms with E-state index in [0.717, 1.165) is 32.0 Å². The Morgan fingerprint density at radius 3 is 3.00 bits per heavy atom. The van der Waals surface area contributed by atoms with Crippen LogP contribution in [0.15, 0.2) is 61.4 Å². The summed E-state index contributed by atoms with van der Waals surface area (Å²) in [7, 11) is 0. The van der Waals surface area contributed by atoms with Gasteiger partial charge in [0.2, 0.25) is 5.91 Å². The van der Waals surface area contributed by atoms with Crippen molar-refractivity contribution < 1.29 is 9.53 Å². The van der Waals surface area contributed by atoms with Crippen LogP contribution in [0.2, 0.25) is 5.02 Å². The fourth-order valence-electron chi connectivity index (χ4n) is 3.29. The standard InChI is InChI=1S/C24H21ClN2O2S/c1-15(2)21-6-7-22(30-21)17-10-18-11-19(29-24(18)20(25)12-17)14-27-23(28)8-5-16-4-3-9-26-13-16/h3-10,12-13,19H,1,11,14H2,2H3,(H,27,28)/b8-5-/t19-/m1/s1. The van der Waals surface area contributed by atoms with Crippen LogP contribution in [0.1, 0.15) is 22.9 Å². The van der Waals surface area contributed by atoms with Crippen LogP contribution in [0.4, 0.5) is 0 Å². The number of nitrogens with one attached hydrogen (secondary N) is 1. The average Bonchev–Trinajstić information content (AvgIpc) is 3.39. The zero-order valence-corrected chi connectivity index (χ0v) is 18.1. The molecule has 1 aliphatic heterocycles. The van der Waals surface area contributed by atoms with Gasteiger partial charge >= 0.3 is 0 Å². The van der Waals surface area contributed by atoms with Gasteiger partial charge in [-0.1, -0.05) is 24.2 Å². The van der Waals surface area contributed by atoms with Gasteiger partial charge in [-0.05, 0) is 60.0 Å². The minimum atomic E-state index is -0.170. The molecule has 4 nitrogen and oxygen atoms in total. The zero-order valence-electron chi connectivity index (χ0n) is 16.5. The number of allylic oxidation sites excluding steroid dienone is 1. The van der Waals surface area contributed by atoms with Gasteiger partial charge in [-0.3, -0.25) is 9.78 Å². The first-order valence-corrected chi connectivity index (χ1v) is 10.8. The number of carbonyl (C=O) groups is 1. The number of aromatic nitrogens is 1. The predicted octanol–water partition coefficient (Wildman–Crippen LogP) is 5.63. The smallest absolute Gasteiger partial charge is 0.244 e. The van der Waals surface area contributed by atoms with E-state index in [1.54, 1.807) is 29.8 Å². The van der Waals surface area contributed by atoms with Crippen LogP contribution in [0, 0.1) is 0 Å². The summed E-state index contributed by atoms with van der Waals surface area (Å²) in [5, 5.41) is 3.48. The zero-order chi connectivity index (χ0) is 21.1. The molecule has 0 bridgehead atoms. The number of amides is 1. The van der Waals surface area contributed by atoms with Gasteiger partial charge in [-0.25, -0.2) is 0 Å². The van der Waals surface area contributed by atoms with Crippen molar-refractivity contribution in [2.45, 2.75) is 19.4 Å². The van der Waals surface area contributed by atoms with Gasteiger partial charge in [-0.15, -0.1) is 11.3 Å². The van der Waals surface area contributed by atoms with Gasteiger partial charge < -0.3 is 10.1 Å². The number of nitrogens with zero attached hydrogens (tertiary/aromatic N) is 1. The summed E-state index contributed by atoms with van der Waals surface area (Å²) in [6.07, 6.45) is 7.19. The fourth-order valence-corrected chi connectivity index (χ4v) is 4.49. The van der Waals surface area contributed by atoms with Crippen LogP contribution < -0.4 is 10.1 Å². The fraction of sp³-hybridized carbons (Fsp3) is 0.167. The van der Waals surface area contributed by atoms with E-state index in [2.05, 4.69) is 35.1 Å². The van der Waals surface area contributed by atoms with Crippen LogP contribution in [0.3, 0.4) is 0 Å². The van der Waals surface area contributed by atoms with Crippen molar-refractivity contribution in [1.29, 1.82) is 0 Å². The molecule has 3 heterocycles. The first kappa shape index (κ1) is 20.4. The van der Waals surface area contributed by atoms with Crippen LogP contribution in [0.25, 0.3) is 22.1 Å². The summed E-state index contributed by atoms with van der Waals surface area (Å²) in [5.74, 6) is 0.540. The lowest BCUT2D eigenvalue weighted by atomic mass is 10.1. The lowest BCUT2D eigenvalue weighted by Crippen LogP contribution is -2.33. The molecule has 1 amide bonds. The number of carbonyl (C=O) groups excluding carboxylic acids is 1. The number of thiophene rings is 1. The van der Waals surface area contributed by atoms with Crippen LogP contribution in [-0.2, 0) is 11.2 Å². The highest BCUT2D eigenvalue weighted by Crippen LogP contribution is 2.41. The number of pyridine rings is 1. The molecule has 0 fully saturated rings. The second-order valence-electron chi connectivity index (χ2n) is 7.20. The minimum absolute atomic E-state index is 0.141. The highest BCUT2D eigenvalue weighted by Gasteiger charge is 2.26. The van der Waals surface area contributed by atoms with E-state index >= 15 is 0 Å². The van der Waals surface area contributed by atoms with Gasteiger partial charge in [0.1, 0.15) is 11.9 Å². The molecular weight excluding hydrogens is 416 g/mol. The highest BCUT2D eigenvalue weighted by atomic mass is 35.5. The van der Waals surface area contributed by atoms with Crippen molar-refractivity contribution in [1.82, 2.24) is 10.3 Å². The van der Waals surface area contributed by atoms with E-state index in [4.69, 9.17) is 16.3 Å². The Balaban J connectivity index is 1.39. The van der Waals surface area contributed by atoms with E-state index in [0.29, 0.717) is 23.7 Å². The van der Waals surface area contributed by atoms with Crippen molar-refractivity contribution in [3.63, 3.8) is 0 Å². The summed E-state index contributed by atoms with van der Waals surface area (Å²) in [4.78, 5) is 18.4. The van der Waals surface area contributed by atoms with Gasteiger partial charge in [0.05, 0.1) is 11.6 Å². The third-order valence-corrected chi connectivity index (χ3v) is 6.36. The van der Waals surface area contributed by atoms with Crippen molar-refractivity contribution in [2.75, 3.05) is 6.54 Å². The van der Waals surface area contributed by atoms with Gasteiger partial charge in [0.15, 0.2) is 0 Å². The Bertz CT molecular complexity index is 1120. The SMILES string of the molecule is C=C(C)c1ccc(-c2cc(Cl)c3c(c2)C[C@H](CNC(=O)/C=C\c2cccnc2)O3)s1. The highest BCUT2D eigenvalue weighted by molar-refractivity contribution is 7.16. The van der Waals surface area contributed by atoms with Crippen molar-refractivity contribution >= 4 is 40.5 Å². The van der Waals surface area contributed by atoms with Crippen LogP contribution >= 0.6 is 22.9 Å². The first-order chi connectivity index (χ1) is 14.5. The van der Waals surface area contributed by atoms with E-state index < -0.39 is 0 Å². The molecule has 1 atom stereocenters. The predicted molar refractivity (Wildman–Crippen MR) is 124 cm³/mol. The summed E-state index contributed by atoms with van der Waals surface area (Å²) < 4.78 is 5.99. The summed E-state index contributed by atoms with van der Waals surface area (Å²) >= 11 is 8.20. The molecule has 0 saturated heterocycles. The van der Waals surface area contributed by atoms with Crippen molar-refractivity contribution in [3.8, 4) is 16.2 Å². The number of benzene rings is 1.